The summed E-state index contributed by atoms with van der Waals surface area (Å²) in [6.07, 6.45) is 3.85. The molecule has 1 aromatic carbocycles. The number of fused-ring (bicyclic) bond motifs is 1. The van der Waals surface area contributed by atoms with Crippen LogP contribution in [0.25, 0.3) is 5.69 Å². The summed E-state index contributed by atoms with van der Waals surface area (Å²) < 4.78 is 15.5. The van der Waals surface area contributed by atoms with Crippen LogP contribution in [0, 0.1) is 5.82 Å². The number of amidine groups is 1. The molecule has 2 aliphatic rings. The summed E-state index contributed by atoms with van der Waals surface area (Å²) in [4.78, 5) is 12.0. The summed E-state index contributed by atoms with van der Waals surface area (Å²) in [5, 5.41) is 1.61. The van der Waals surface area contributed by atoms with Crippen LogP contribution in [0.15, 0.2) is 72.0 Å². The minimum Gasteiger partial charge on any atom is -0.339 e. The van der Waals surface area contributed by atoms with Crippen LogP contribution >= 0.6 is 11.8 Å². The average Bonchev–Trinajstić information content (AvgIpc) is 3.37. The van der Waals surface area contributed by atoms with Gasteiger partial charge in [0.2, 0.25) is 0 Å². The first-order valence-corrected chi connectivity index (χ1v) is 9.94. The van der Waals surface area contributed by atoms with Crippen LogP contribution in [0.3, 0.4) is 0 Å². The molecule has 0 aliphatic carbocycles. The van der Waals surface area contributed by atoms with Crippen molar-refractivity contribution in [1.82, 2.24) is 14.5 Å². The second kappa shape index (κ2) is 6.53. The third kappa shape index (κ3) is 2.84. The smallest absolute Gasteiger partial charge is 0.160 e. The molecule has 6 heteroatoms. The van der Waals surface area contributed by atoms with Gasteiger partial charge in [-0.1, -0.05) is 24.8 Å². The minimum atomic E-state index is -0.227. The summed E-state index contributed by atoms with van der Waals surface area (Å²) in [6, 6.07) is 16.8. The molecule has 2 aliphatic heterocycles. The summed E-state index contributed by atoms with van der Waals surface area (Å²) in [5.74, 6) is -0.227. The first kappa shape index (κ1) is 16.6. The van der Waals surface area contributed by atoms with E-state index in [1.165, 1.54) is 12.1 Å². The number of halogens is 1. The molecule has 1 fully saturated rings. The summed E-state index contributed by atoms with van der Waals surface area (Å²) in [6.45, 7) is 3.20. The summed E-state index contributed by atoms with van der Waals surface area (Å²) in [5.41, 5.74) is 3.07. The molecule has 0 saturated carbocycles. The zero-order valence-electron chi connectivity index (χ0n) is 14.9. The molecule has 3 atom stereocenters. The van der Waals surface area contributed by atoms with E-state index in [0.29, 0.717) is 5.25 Å². The van der Waals surface area contributed by atoms with Crippen LogP contribution < -0.4 is 0 Å². The standard InChI is InChI=1S/C21H19FN4S/c1-14-13-26-20(19(24-21(26)27-14)17-5-2-3-11-23-17)18-6-4-12-25(18)16-9-7-15(22)8-10-16/h2-12,14,19-20H,13H2,1H3/t14-,19+,20-/m1/s1. The second-order valence-corrected chi connectivity index (χ2v) is 8.32. The molecular weight excluding hydrogens is 359 g/mol. The monoisotopic (exact) mass is 378 g/mol. The van der Waals surface area contributed by atoms with Crippen molar-refractivity contribution in [1.29, 1.82) is 0 Å². The molecule has 4 heterocycles. The fourth-order valence-electron chi connectivity index (χ4n) is 3.91. The first-order chi connectivity index (χ1) is 13.2. The molecule has 27 heavy (non-hydrogen) atoms. The van der Waals surface area contributed by atoms with E-state index < -0.39 is 0 Å². The maximum Gasteiger partial charge on any atom is 0.160 e. The van der Waals surface area contributed by atoms with Crippen molar-refractivity contribution < 1.29 is 4.39 Å². The van der Waals surface area contributed by atoms with Crippen molar-refractivity contribution in [3.63, 3.8) is 0 Å². The lowest BCUT2D eigenvalue weighted by atomic mass is 10.0. The molecular formula is C21H19FN4S. The number of hydrogen-bond donors (Lipinski definition) is 0. The van der Waals surface area contributed by atoms with Crippen molar-refractivity contribution in [2.45, 2.75) is 24.3 Å². The molecule has 2 aromatic heterocycles. The number of aliphatic imine (C=N–C) groups is 1. The van der Waals surface area contributed by atoms with Gasteiger partial charge in [-0.3, -0.25) is 9.98 Å². The molecule has 136 valence electrons. The van der Waals surface area contributed by atoms with Gasteiger partial charge in [0.05, 0.1) is 11.7 Å². The maximum absolute atomic E-state index is 13.4. The Kier molecular flexibility index (Phi) is 4.01. The highest BCUT2D eigenvalue weighted by molar-refractivity contribution is 8.14. The zero-order chi connectivity index (χ0) is 18.4. The van der Waals surface area contributed by atoms with Crippen molar-refractivity contribution in [2.24, 2.45) is 4.99 Å². The Hall–Kier alpha value is -2.60. The Labute approximate surface area is 161 Å². The van der Waals surface area contributed by atoms with E-state index in [0.717, 1.165) is 28.8 Å². The van der Waals surface area contributed by atoms with Gasteiger partial charge >= 0.3 is 0 Å². The van der Waals surface area contributed by atoms with Crippen molar-refractivity contribution >= 4 is 16.9 Å². The molecule has 3 aromatic rings. The normalized spacial score (nSPS) is 24.1. The number of rotatable bonds is 3. The highest BCUT2D eigenvalue weighted by atomic mass is 32.2. The third-order valence-electron chi connectivity index (χ3n) is 5.07. The van der Waals surface area contributed by atoms with Gasteiger partial charge in [-0.05, 0) is 48.5 Å². The molecule has 0 radical (unpaired) electrons. The van der Waals surface area contributed by atoms with Crippen molar-refractivity contribution in [2.75, 3.05) is 6.54 Å². The SMILES string of the molecule is C[C@@H]1CN2C(=N[C@@H](c3ccccn3)[C@H]2c2cccn2-c2ccc(F)cc2)S1. The number of nitrogens with zero attached hydrogens (tertiary/aromatic N) is 4. The summed E-state index contributed by atoms with van der Waals surface area (Å²) >= 11 is 1.83. The Morgan fingerprint density at radius 3 is 2.70 bits per heavy atom. The van der Waals surface area contributed by atoms with E-state index in [1.807, 2.05) is 60.6 Å². The fourth-order valence-corrected chi connectivity index (χ4v) is 5.00. The van der Waals surface area contributed by atoms with Crippen LogP contribution in [0.2, 0.25) is 0 Å². The van der Waals surface area contributed by atoms with Crippen LogP contribution in [0.4, 0.5) is 4.39 Å². The minimum absolute atomic E-state index is 0.0460. The highest BCUT2D eigenvalue weighted by Gasteiger charge is 2.44. The molecule has 1 saturated heterocycles. The largest absolute Gasteiger partial charge is 0.339 e. The number of pyridine rings is 1. The molecule has 0 bridgehead atoms. The molecule has 0 unspecified atom stereocenters. The third-order valence-corrected chi connectivity index (χ3v) is 6.17. The van der Waals surface area contributed by atoms with Gasteiger partial charge in [0.15, 0.2) is 5.17 Å². The van der Waals surface area contributed by atoms with E-state index >= 15 is 0 Å². The Morgan fingerprint density at radius 1 is 1.07 bits per heavy atom. The lowest BCUT2D eigenvalue weighted by Gasteiger charge is -2.28. The van der Waals surface area contributed by atoms with E-state index in [4.69, 9.17) is 4.99 Å². The van der Waals surface area contributed by atoms with Gasteiger partial charge < -0.3 is 9.47 Å². The molecule has 5 rings (SSSR count). The highest BCUT2D eigenvalue weighted by Crippen LogP contribution is 2.47. The summed E-state index contributed by atoms with van der Waals surface area (Å²) in [7, 11) is 0. The predicted octanol–water partition coefficient (Wildman–Crippen LogP) is 4.60. The quantitative estimate of drug-likeness (QED) is 0.668. The van der Waals surface area contributed by atoms with Crippen LogP contribution in [0.5, 0.6) is 0 Å². The van der Waals surface area contributed by atoms with Crippen molar-refractivity contribution in [3.8, 4) is 5.69 Å². The van der Waals surface area contributed by atoms with Crippen LogP contribution in [-0.4, -0.2) is 31.4 Å². The van der Waals surface area contributed by atoms with Gasteiger partial charge in [-0.15, -0.1) is 0 Å². The van der Waals surface area contributed by atoms with E-state index in [9.17, 15) is 4.39 Å². The lowest BCUT2D eigenvalue weighted by Crippen LogP contribution is -2.30. The number of benzene rings is 1. The molecule has 0 N–H and O–H groups in total. The zero-order valence-corrected chi connectivity index (χ0v) is 15.7. The average molecular weight is 378 g/mol. The van der Waals surface area contributed by atoms with Gasteiger partial charge in [0.1, 0.15) is 11.9 Å². The topological polar surface area (TPSA) is 33.4 Å². The van der Waals surface area contributed by atoms with Crippen molar-refractivity contribution in [3.05, 3.63) is 84.2 Å². The Morgan fingerprint density at radius 2 is 1.93 bits per heavy atom. The second-order valence-electron chi connectivity index (χ2n) is 6.92. The maximum atomic E-state index is 13.4. The van der Waals surface area contributed by atoms with E-state index in [-0.39, 0.29) is 17.9 Å². The van der Waals surface area contributed by atoms with Gasteiger partial charge in [0.25, 0.3) is 0 Å². The molecule has 0 amide bonds. The van der Waals surface area contributed by atoms with E-state index in [1.54, 1.807) is 0 Å². The van der Waals surface area contributed by atoms with Crippen LogP contribution in [0.1, 0.15) is 30.4 Å². The van der Waals surface area contributed by atoms with Gasteiger partial charge in [-0.2, -0.15) is 0 Å². The predicted molar refractivity (Wildman–Crippen MR) is 107 cm³/mol. The van der Waals surface area contributed by atoms with Gasteiger partial charge in [0, 0.05) is 35.6 Å². The van der Waals surface area contributed by atoms with Crippen LogP contribution in [-0.2, 0) is 0 Å². The number of aromatic nitrogens is 2. The first-order valence-electron chi connectivity index (χ1n) is 9.06. The fraction of sp³-hybridized carbons (Fsp3) is 0.238. The number of hydrogen-bond acceptors (Lipinski definition) is 4. The number of thioether (sulfide) groups is 1. The molecule has 0 spiro atoms. The van der Waals surface area contributed by atoms with E-state index in [2.05, 4.69) is 27.4 Å². The lowest BCUT2D eigenvalue weighted by molar-refractivity contribution is 0.312. The van der Waals surface area contributed by atoms with Gasteiger partial charge in [-0.25, -0.2) is 4.39 Å². The Balaban J connectivity index is 1.60. The Bertz CT molecular complexity index is 983. The molecule has 4 nitrogen and oxygen atoms in total.